The molecule has 1 N–H and O–H groups in total. The third kappa shape index (κ3) is 5.19. The Hall–Kier alpha value is -3.99. The summed E-state index contributed by atoms with van der Waals surface area (Å²) in [6.07, 6.45) is 6.26. The third-order valence-corrected chi connectivity index (χ3v) is 7.59. The molecule has 5 heteroatoms. The first-order chi connectivity index (χ1) is 18.2. The van der Waals surface area contributed by atoms with Crippen molar-refractivity contribution < 1.29 is 19.2 Å². The van der Waals surface area contributed by atoms with E-state index in [0.717, 1.165) is 11.1 Å². The SMILES string of the molecule is CC(C)(C)c1ccc(C(=O)c2onc(-c3ccc(C(=O)O)cc3)c2-c2ccc(C3CCCCC3)cc2)cc1. The number of ketones is 1. The normalized spacial score (nSPS) is 14.4. The number of carboxylic acids is 1. The first-order valence-electron chi connectivity index (χ1n) is 13.3. The summed E-state index contributed by atoms with van der Waals surface area (Å²) in [5.74, 6) is -0.482. The smallest absolute Gasteiger partial charge is 0.335 e. The standard InChI is InChI=1S/C33H33NO4/c1-33(2,3)27-19-17-25(18-20-27)30(35)31-28(23-11-9-22(10-12-23)21-7-5-4-6-8-21)29(34-38-31)24-13-15-26(16-14-24)32(36)37/h9-21H,4-8H2,1-3H3,(H,36,37). The molecule has 1 heterocycles. The maximum Gasteiger partial charge on any atom is 0.335 e. The van der Waals surface area contributed by atoms with Gasteiger partial charge in [-0.2, -0.15) is 0 Å². The Morgan fingerprint density at radius 1 is 0.789 bits per heavy atom. The molecule has 3 aromatic carbocycles. The first kappa shape index (κ1) is 25.7. The van der Waals surface area contributed by atoms with Crippen LogP contribution in [0.5, 0.6) is 0 Å². The highest BCUT2D eigenvalue weighted by atomic mass is 16.5. The molecule has 0 amide bonds. The molecule has 194 valence electrons. The number of carbonyl (C=O) groups is 2. The molecule has 0 saturated heterocycles. The second-order valence-electron chi connectivity index (χ2n) is 11.2. The maximum absolute atomic E-state index is 13.7. The summed E-state index contributed by atoms with van der Waals surface area (Å²) < 4.78 is 5.73. The number of carboxylic acid groups (broad SMARTS) is 1. The minimum absolute atomic E-state index is 0.0195. The topological polar surface area (TPSA) is 80.4 Å². The fourth-order valence-electron chi connectivity index (χ4n) is 5.29. The van der Waals surface area contributed by atoms with Gasteiger partial charge in [0.25, 0.3) is 0 Å². The Bertz CT molecular complexity index is 1430. The van der Waals surface area contributed by atoms with Gasteiger partial charge in [0.15, 0.2) is 0 Å². The summed E-state index contributed by atoms with van der Waals surface area (Å²) in [4.78, 5) is 25.0. The summed E-state index contributed by atoms with van der Waals surface area (Å²) >= 11 is 0. The molecule has 0 radical (unpaired) electrons. The van der Waals surface area contributed by atoms with Gasteiger partial charge in [0, 0.05) is 11.1 Å². The van der Waals surface area contributed by atoms with Gasteiger partial charge in [0.2, 0.25) is 11.5 Å². The minimum atomic E-state index is -0.996. The Morgan fingerprint density at radius 3 is 1.95 bits per heavy atom. The van der Waals surface area contributed by atoms with E-state index in [4.69, 9.17) is 4.52 Å². The molecule has 38 heavy (non-hydrogen) atoms. The van der Waals surface area contributed by atoms with E-state index < -0.39 is 5.97 Å². The number of rotatable bonds is 6. The fourth-order valence-corrected chi connectivity index (χ4v) is 5.29. The minimum Gasteiger partial charge on any atom is -0.478 e. The zero-order valence-electron chi connectivity index (χ0n) is 22.2. The van der Waals surface area contributed by atoms with Crippen LogP contribution in [0.3, 0.4) is 0 Å². The number of hydrogen-bond donors (Lipinski definition) is 1. The van der Waals surface area contributed by atoms with E-state index in [-0.39, 0.29) is 22.5 Å². The van der Waals surface area contributed by atoms with Crippen molar-refractivity contribution in [1.82, 2.24) is 5.16 Å². The molecule has 0 spiro atoms. The van der Waals surface area contributed by atoms with Gasteiger partial charge in [0.1, 0.15) is 5.69 Å². The van der Waals surface area contributed by atoms with Gasteiger partial charge in [-0.1, -0.05) is 106 Å². The first-order valence-corrected chi connectivity index (χ1v) is 13.3. The fraction of sp³-hybridized carbons (Fsp3) is 0.303. The van der Waals surface area contributed by atoms with Crippen LogP contribution in [0.4, 0.5) is 0 Å². The summed E-state index contributed by atoms with van der Waals surface area (Å²) in [6, 6.07) is 22.5. The highest BCUT2D eigenvalue weighted by Crippen LogP contribution is 2.38. The van der Waals surface area contributed by atoms with Crippen molar-refractivity contribution in [2.24, 2.45) is 0 Å². The average molecular weight is 508 g/mol. The Morgan fingerprint density at radius 2 is 1.37 bits per heavy atom. The van der Waals surface area contributed by atoms with Crippen LogP contribution in [-0.2, 0) is 5.41 Å². The predicted molar refractivity (Wildman–Crippen MR) is 149 cm³/mol. The molecule has 1 aromatic heterocycles. The molecule has 0 aliphatic heterocycles. The number of carbonyl (C=O) groups excluding carboxylic acids is 1. The highest BCUT2D eigenvalue weighted by molar-refractivity contribution is 6.12. The van der Waals surface area contributed by atoms with Crippen molar-refractivity contribution in [2.45, 2.75) is 64.2 Å². The van der Waals surface area contributed by atoms with Gasteiger partial charge in [-0.3, -0.25) is 4.79 Å². The van der Waals surface area contributed by atoms with Gasteiger partial charge in [0.05, 0.1) is 11.1 Å². The van der Waals surface area contributed by atoms with Crippen LogP contribution in [-0.4, -0.2) is 22.0 Å². The van der Waals surface area contributed by atoms with E-state index in [0.29, 0.717) is 28.3 Å². The lowest BCUT2D eigenvalue weighted by Crippen LogP contribution is -2.11. The lowest BCUT2D eigenvalue weighted by molar-refractivity contribution is 0.0696. The van der Waals surface area contributed by atoms with Gasteiger partial charge < -0.3 is 9.63 Å². The van der Waals surface area contributed by atoms with Crippen molar-refractivity contribution in [3.63, 3.8) is 0 Å². The lowest BCUT2D eigenvalue weighted by Gasteiger charge is -2.22. The van der Waals surface area contributed by atoms with Gasteiger partial charge >= 0.3 is 5.97 Å². The van der Waals surface area contributed by atoms with E-state index in [2.05, 4.69) is 38.1 Å². The van der Waals surface area contributed by atoms with E-state index in [1.165, 1.54) is 49.8 Å². The van der Waals surface area contributed by atoms with Crippen LogP contribution in [0.15, 0.2) is 77.3 Å². The zero-order chi connectivity index (χ0) is 26.9. The molecule has 1 saturated carbocycles. The van der Waals surface area contributed by atoms with Gasteiger partial charge in [-0.15, -0.1) is 0 Å². The Labute approximate surface area is 223 Å². The number of hydrogen-bond acceptors (Lipinski definition) is 4. The van der Waals surface area contributed by atoms with Crippen molar-refractivity contribution in [1.29, 1.82) is 0 Å². The average Bonchev–Trinajstić information content (AvgIpc) is 3.38. The molecular formula is C33H33NO4. The van der Waals surface area contributed by atoms with E-state index in [1.807, 2.05) is 36.4 Å². The van der Waals surface area contributed by atoms with Crippen LogP contribution < -0.4 is 0 Å². The Balaban J connectivity index is 1.56. The van der Waals surface area contributed by atoms with Crippen molar-refractivity contribution in [3.8, 4) is 22.4 Å². The second-order valence-corrected chi connectivity index (χ2v) is 11.2. The Kier molecular flexibility index (Phi) is 7.02. The second kappa shape index (κ2) is 10.4. The summed E-state index contributed by atoms with van der Waals surface area (Å²) in [6.45, 7) is 6.41. The molecule has 5 nitrogen and oxygen atoms in total. The third-order valence-electron chi connectivity index (χ3n) is 7.59. The molecule has 1 aliphatic carbocycles. The molecule has 0 bridgehead atoms. The largest absolute Gasteiger partial charge is 0.478 e. The van der Waals surface area contributed by atoms with Crippen molar-refractivity contribution in [2.75, 3.05) is 0 Å². The monoisotopic (exact) mass is 507 g/mol. The maximum atomic E-state index is 13.7. The van der Waals surface area contributed by atoms with Gasteiger partial charge in [-0.25, -0.2) is 4.79 Å². The summed E-state index contributed by atoms with van der Waals surface area (Å²) in [5.41, 5.74) is 5.83. The summed E-state index contributed by atoms with van der Waals surface area (Å²) in [7, 11) is 0. The quantitative estimate of drug-likeness (QED) is 0.266. The zero-order valence-corrected chi connectivity index (χ0v) is 22.2. The van der Waals surface area contributed by atoms with Crippen LogP contribution in [0.1, 0.15) is 96.4 Å². The number of aromatic carboxylic acids is 1. The summed E-state index contributed by atoms with van der Waals surface area (Å²) in [5, 5.41) is 13.6. The molecule has 1 aliphatic rings. The molecule has 5 rings (SSSR count). The lowest BCUT2D eigenvalue weighted by atomic mass is 9.83. The number of nitrogens with zero attached hydrogens (tertiary/aromatic N) is 1. The van der Waals surface area contributed by atoms with Crippen molar-refractivity contribution >= 4 is 11.8 Å². The van der Waals surface area contributed by atoms with E-state index in [9.17, 15) is 14.7 Å². The molecule has 0 unspecified atom stereocenters. The predicted octanol–water partition coefficient (Wildman–Crippen LogP) is 8.28. The van der Waals surface area contributed by atoms with Crippen LogP contribution in [0, 0.1) is 0 Å². The molecule has 1 fully saturated rings. The van der Waals surface area contributed by atoms with E-state index >= 15 is 0 Å². The van der Waals surface area contributed by atoms with Crippen LogP contribution >= 0.6 is 0 Å². The van der Waals surface area contributed by atoms with E-state index in [1.54, 1.807) is 12.1 Å². The number of benzene rings is 3. The van der Waals surface area contributed by atoms with Crippen molar-refractivity contribution in [3.05, 3.63) is 101 Å². The van der Waals surface area contributed by atoms with Crippen LogP contribution in [0.25, 0.3) is 22.4 Å². The molecule has 0 atom stereocenters. The van der Waals surface area contributed by atoms with Gasteiger partial charge in [-0.05, 0) is 53.0 Å². The molecule has 4 aromatic rings. The highest BCUT2D eigenvalue weighted by Gasteiger charge is 2.27. The number of aromatic nitrogens is 1. The van der Waals surface area contributed by atoms with Crippen LogP contribution in [0.2, 0.25) is 0 Å². The molecular weight excluding hydrogens is 474 g/mol.